The third-order valence-electron chi connectivity index (χ3n) is 4.41. The second kappa shape index (κ2) is 7.28. The Labute approximate surface area is 151 Å². The first-order valence-corrected chi connectivity index (χ1v) is 8.35. The number of likely N-dealkylation sites (tertiary alicyclic amines) is 1. The fourth-order valence-corrected chi connectivity index (χ4v) is 2.97. The van der Waals surface area contributed by atoms with Gasteiger partial charge in [0.1, 0.15) is 23.2 Å². The van der Waals surface area contributed by atoms with Crippen molar-refractivity contribution in [1.29, 1.82) is 5.26 Å². The van der Waals surface area contributed by atoms with Gasteiger partial charge in [-0.1, -0.05) is 6.07 Å². The van der Waals surface area contributed by atoms with E-state index in [2.05, 4.69) is 0 Å². The molecule has 0 unspecified atom stereocenters. The Kier molecular flexibility index (Phi) is 4.90. The summed E-state index contributed by atoms with van der Waals surface area (Å²) >= 11 is 0. The van der Waals surface area contributed by atoms with Crippen molar-refractivity contribution in [2.24, 2.45) is 0 Å². The zero-order valence-electron chi connectivity index (χ0n) is 14.4. The van der Waals surface area contributed by atoms with E-state index in [9.17, 15) is 14.9 Å². The fraction of sp³-hybridized carbons (Fsp3) is 0.250. The standard InChI is InChI=1S/C20H18N2O4/c1-13-4-5-14(20(24)25)11-17(13)18-7-6-16(26-18)10-15(12-21)19(23)22-8-2-3-9-22/h4-7,10-11H,2-3,8-9H2,1H3,(H,24,25)/b15-10+. The lowest BCUT2D eigenvalue weighted by Gasteiger charge is -2.13. The number of aryl methyl sites for hydroxylation is 1. The number of carbonyl (C=O) groups excluding carboxylic acids is 1. The van der Waals surface area contributed by atoms with Gasteiger partial charge < -0.3 is 14.4 Å². The average molecular weight is 350 g/mol. The van der Waals surface area contributed by atoms with Gasteiger partial charge in [0.2, 0.25) is 0 Å². The summed E-state index contributed by atoms with van der Waals surface area (Å²) < 4.78 is 5.74. The van der Waals surface area contributed by atoms with Crippen LogP contribution in [-0.2, 0) is 4.79 Å². The highest BCUT2D eigenvalue weighted by Crippen LogP contribution is 2.28. The highest BCUT2D eigenvalue weighted by molar-refractivity contribution is 6.01. The third kappa shape index (κ3) is 3.52. The average Bonchev–Trinajstić information content (AvgIpc) is 3.31. The number of carboxylic acids is 1. The van der Waals surface area contributed by atoms with Gasteiger partial charge in [-0.3, -0.25) is 4.79 Å². The minimum Gasteiger partial charge on any atom is -0.478 e. The van der Waals surface area contributed by atoms with Crippen molar-refractivity contribution < 1.29 is 19.1 Å². The summed E-state index contributed by atoms with van der Waals surface area (Å²) in [6.45, 7) is 3.20. The number of hydrogen-bond donors (Lipinski definition) is 1. The minimum absolute atomic E-state index is 0.0313. The van der Waals surface area contributed by atoms with E-state index in [1.165, 1.54) is 12.1 Å². The summed E-state index contributed by atoms with van der Waals surface area (Å²) in [6, 6.07) is 10.1. The molecule has 132 valence electrons. The summed E-state index contributed by atoms with van der Waals surface area (Å²) in [7, 11) is 0. The molecule has 1 fully saturated rings. The van der Waals surface area contributed by atoms with Crippen molar-refractivity contribution in [3.8, 4) is 17.4 Å². The Morgan fingerprint density at radius 1 is 1.23 bits per heavy atom. The normalized spacial score (nSPS) is 14.3. The van der Waals surface area contributed by atoms with Crippen LogP contribution in [0.15, 0.2) is 40.3 Å². The van der Waals surface area contributed by atoms with Gasteiger partial charge in [0, 0.05) is 24.7 Å². The maximum Gasteiger partial charge on any atom is 0.335 e. The van der Waals surface area contributed by atoms with Gasteiger partial charge in [-0.25, -0.2) is 4.79 Å². The van der Waals surface area contributed by atoms with Crippen molar-refractivity contribution in [2.75, 3.05) is 13.1 Å². The molecule has 6 nitrogen and oxygen atoms in total. The first kappa shape index (κ1) is 17.5. The molecule has 2 heterocycles. The molecule has 6 heteroatoms. The fourth-order valence-electron chi connectivity index (χ4n) is 2.97. The van der Waals surface area contributed by atoms with Crippen LogP contribution >= 0.6 is 0 Å². The van der Waals surface area contributed by atoms with Crippen LogP contribution in [0.3, 0.4) is 0 Å². The molecule has 0 radical (unpaired) electrons. The van der Waals surface area contributed by atoms with E-state index in [1.54, 1.807) is 29.2 Å². The maximum absolute atomic E-state index is 12.4. The Hall–Kier alpha value is -3.33. The van der Waals surface area contributed by atoms with E-state index >= 15 is 0 Å². The number of aromatic carboxylic acids is 1. The molecule has 1 aromatic carbocycles. The number of furan rings is 1. The lowest BCUT2D eigenvalue weighted by molar-refractivity contribution is -0.125. The number of rotatable bonds is 4. The second-order valence-corrected chi connectivity index (χ2v) is 6.21. The van der Waals surface area contributed by atoms with Crippen LogP contribution in [-0.4, -0.2) is 35.0 Å². The predicted molar refractivity (Wildman–Crippen MR) is 95.2 cm³/mol. The Morgan fingerprint density at radius 3 is 2.62 bits per heavy atom. The molecule has 1 aromatic heterocycles. The van der Waals surface area contributed by atoms with E-state index in [0.717, 1.165) is 18.4 Å². The number of hydrogen-bond acceptors (Lipinski definition) is 4. The highest BCUT2D eigenvalue weighted by Gasteiger charge is 2.22. The molecule has 0 atom stereocenters. The van der Waals surface area contributed by atoms with E-state index in [0.29, 0.717) is 30.2 Å². The molecular formula is C20H18N2O4. The van der Waals surface area contributed by atoms with Crippen molar-refractivity contribution in [2.45, 2.75) is 19.8 Å². The van der Waals surface area contributed by atoms with E-state index in [4.69, 9.17) is 9.52 Å². The molecule has 0 bridgehead atoms. The summed E-state index contributed by atoms with van der Waals surface area (Å²) in [4.78, 5) is 25.2. The molecule has 1 N–H and O–H groups in total. The highest BCUT2D eigenvalue weighted by atomic mass is 16.4. The Morgan fingerprint density at radius 2 is 1.96 bits per heavy atom. The van der Waals surface area contributed by atoms with Crippen LogP contribution in [0.1, 0.15) is 34.5 Å². The molecule has 3 rings (SSSR count). The quantitative estimate of drug-likeness (QED) is 0.673. The first-order chi connectivity index (χ1) is 12.5. The number of benzene rings is 1. The number of carboxylic acid groups (broad SMARTS) is 1. The lowest BCUT2D eigenvalue weighted by Crippen LogP contribution is -2.28. The smallest absolute Gasteiger partial charge is 0.335 e. The van der Waals surface area contributed by atoms with Crippen molar-refractivity contribution in [3.05, 3.63) is 52.8 Å². The van der Waals surface area contributed by atoms with Gasteiger partial charge in [0.15, 0.2) is 0 Å². The summed E-state index contributed by atoms with van der Waals surface area (Å²) in [5.41, 5.74) is 1.73. The van der Waals surface area contributed by atoms with Gasteiger partial charge in [0.05, 0.1) is 5.56 Å². The molecule has 0 aliphatic carbocycles. The van der Waals surface area contributed by atoms with Gasteiger partial charge in [-0.15, -0.1) is 0 Å². The number of amides is 1. The molecule has 26 heavy (non-hydrogen) atoms. The molecular weight excluding hydrogens is 332 g/mol. The number of carbonyl (C=O) groups is 2. The summed E-state index contributed by atoms with van der Waals surface area (Å²) in [5.74, 6) is -0.431. The Bertz CT molecular complexity index is 928. The maximum atomic E-state index is 12.4. The van der Waals surface area contributed by atoms with Gasteiger partial charge in [-0.2, -0.15) is 5.26 Å². The summed E-state index contributed by atoms with van der Waals surface area (Å²) in [6.07, 6.45) is 3.34. The summed E-state index contributed by atoms with van der Waals surface area (Å²) in [5, 5.41) is 18.5. The van der Waals surface area contributed by atoms with E-state index in [-0.39, 0.29) is 17.0 Å². The lowest BCUT2D eigenvalue weighted by atomic mass is 10.0. The van der Waals surface area contributed by atoms with Crippen LogP contribution in [0.5, 0.6) is 0 Å². The number of nitrogens with zero attached hydrogens (tertiary/aromatic N) is 2. The van der Waals surface area contributed by atoms with Gasteiger partial charge in [-0.05, 0) is 49.6 Å². The molecule has 2 aromatic rings. The SMILES string of the molecule is Cc1ccc(C(=O)O)cc1-c1ccc(/C=C(\C#N)C(=O)N2CCCC2)o1. The van der Waals surface area contributed by atoms with Crippen molar-refractivity contribution in [3.63, 3.8) is 0 Å². The van der Waals surface area contributed by atoms with Crippen LogP contribution in [0.2, 0.25) is 0 Å². The van der Waals surface area contributed by atoms with Crippen LogP contribution in [0.4, 0.5) is 0 Å². The van der Waals surface area contributed by atoms with Crippen molar-refractivity contribution >= 4 is 18.0 Å². The first-order valence-electron chi connectivity index (χ1n) is 8.35. The monoisotopic (exact) mass is 350 g/mol. The van der Waals surface area contributed by atoms with E-state index in [1.807, 2.05) is 13.0 Å². The topological polar surface area (TPSA) is 94.5 Å². The predicted octanol–water partition coefficient (Wildman–Crippen LogP) is 3.48. The minimum atomic E-state index is -1.01. The third-order valence-corrected chi connectivity index (χ3v) is 4.41. The molecule has 1 saturated heterocycles. The van der Waals surface area contributed by atoms with Gasteiger partial charge >= 0.3 is 5.97 Å². The van der Waals surface area contributed by atoms with E-state index < -0.39 is 5.97 Å². The van der Waals surface area contributed by atoms with Gasteiger partial charge in [0.25, 0.3) is 5.91 Å². The molecule has 1 aliphatic heterocycles. The van der Waals surface area contributed by atoms with Crippen molar-refractivity contribution in [1.82, 2.24) is 4.90 Å². The van der Waals surface area contributed by atoms with Crippen LogP contribution in [0.25, 0.3) is 17.4 Å². The molecule has 1 amide bonds. The molecule has 0 saturated carbocycles. The second-order valence-electron chi connectivity index (χ2n) is 6.21. The van der Waals surface area contributed by atoms with Crippen LogP contribution < -0.4 is 0 Å². The zero-order chi connectivity index (χ0) is 18.7. The zero-order valence-corrected chi connectivity index (χ0v) is 14.4. The Balaban J connectivity index is 1.90. The number of nitriles is 1. The molecule has 0 spiro atoms. The van der Waals surface area contributed by atoms with Crippen LogP contribution in [0, 0.1) is 18.3 Å². The largest absolute Gasteiger partial charge is 0.478 e. The molecule has 1 aliphatic rings.